The highest BCUT2D eigenvalue weighted by atomic mass is 32.2. The van der Waals surface area contributed by atoms with Gasteiger partial charge in [-0.25, -0.2) is 14.0 Å². The van der Waals surface area contributed by atoms with Gasteiger partial charge < -0.3 is 14.6 Å². The van der Waals surface area contributed by atoms with Crippen molar-refractivity contribution in [3.63, 3.8) is 0 Å². The Morgan fingerprint density at radius 1 is 1.50 bits per heavy atom. The second kappa shape index (κ2) is 6.98. The third-order valence-corrected chi connectivity index (χ3v) is 5.32. The van der Waals surface area contributed by atoms with Crippen molar-refractivity contribution in [2.24, 2.45) is 0 Å². The number of methoxy groups -OCH3 is 1. The Morgan fingerprint density at radius 3 is 2.96 bits per heavy atom. The molecular weight excluding hydrogens is 337 g/mol. The van der Waals surface area contributed by atoms with Gasteiger partial charge in [-0.1, -0.05) is 6.07 Å². The van der Waals surface area contributed by atoms with E-state index in [1.165, 1.54) is 29.8 Å². The van der Waals surface area contributed by atoms with E-state index in [0.29, 0.717) is 17.7 Å². The van der Waals surface area contributed by atoms with Gasteiger partial charge in [0.1, 0.15) is 5.82 Å². The lowest BCUT2D eigenvalue weighted by Crippen LogP contribution is -2.28. The van der Waals surface area contributed by atoms with Crippen LogP contribution in [0, 0.1) is 5.82 Å². The number of hydrogen-bond acceptors (Lipinski definition) is 6. The largest absolute Gasteiger partial charge is 0.466 e. The van der Waals surface area contributed by atoms with Crippen molar-refractivity contribution >= 4 is 29.5 Å². The Bertz CT molecular complexity index is 655. The van der Waals surface area contributed by atoms with Crippen LogP contribution in [0.25, 0.3) is 0 Å². The zero-order valence-corrected chi connectivity index (χ0v) is 13.9. The molecule has 0 spiro atoms. The van der Waals surface area contributed by atoms with Crippen LogP contribution < -0.4 is 4.90 Å². The number of anilines is 1. The van der Waals surface area contributed by atoms with Gasteiger partial charge in [0.2, 0.25) is 6.10 Å². The number of benzene rings is 1. The van der Waals surface area contributed by atoms with E-state index in [0.717, 1.165) is 12.2 Å². The number of cyclic esters (lactones) is 1. The maximum absolute atomic E-state index is 14.5. The number of carbonyl (C=O) groups is 2. The van der Waals surface area contributed by atoms with Gasteiger partial charge >= 0.3 is 12.1 Å². The molecule has 0 bridgehead atoms. The third kappa shape index (κ3) is 3.34. The minimum atomic E-state index is -1.00. The van der Waals surface area contributed by atoms with Gasteiger partial charge in [-0.15, -0.1) is 11.8 Å². The van der Waals surface area contributed by atoms with Gasteiger partial charge in [0, 0.05) is 0 Å². The zero-order chi connectivity index (χ0) is 17.3. The first kappa shape index (κ1) is 17.0. The van der Waals surface area contributed by atoms with E-state index < -0.39 is 29.4 Å². The number of hydrogen-bond donors (Lipinski definition) is 1. The zero-order valence-electron chi connectivity index (χ0n) is 13.1. The standard InChI is InChI=1S/C16H18FNO5S/c1-22-15(20)13-8-18(16(21)23-13)10-2-3-11(12(17)7-10)9-4-5-24-14(19)6-9/h2-3,7,9,13-14,19H,4-6,8H2,1H3/t9-,13+,14+/m0/s1. The summed E-state index contributed by atoms with van der Waals surface area (Å²) < 4.78 is 24.0. The number of thioether (sulfide) groups is 1. The smallest absolute Gasteiger partial charge is 0.415 e. The SMILES string of the molecule is COC(=O)[C@H]1CN(c2ccc([C@H]3CCS[C@@H](O)C3)c(F)c2)C(=O)O1. The van der Waals surface area contributed by atoms with Crippen molar-refractivity contribution in [1.82, 2.24) is 0 Å². The number of halogens is 1. The lowest BCUT2D eigenvalue weighted by Gasteiger charge is -2.26. The highest BCUT2D eigenvalue weighted by Gasteiger charge is 2.38. The average molecular weight is 355 g/mol. The fourth-order valence-corrected chi connectivity index (χ4v) is 4.06. The molecule has 2 saturated heterocycles. The molecule has 2 aliphatic heterocycles. The molecule has 0 radical (unpaired) electrons. The van der Waals surface area contributed by atoms with Crippen molar-refractivity contribution in [1.29, 1.82) is 0 Å². The Balaban J connectivity index is 1.77. The summed E-state index contributed by atoms with van der Waals surface area (Å²) in [4.78, 5) is 24.6. The van der Waals surface area contributed by atoms with Crippen molar-refractivity contribution in [2.45, 2.75) is 30.3 Å². The Kier molecular flexibility index (Phi) is 4.96. The number of aliphatic hydroxyl groups is 1. The molecule has 0 saturated carbocycles. The summed E-state index contributed by atoms with van der Waals surface area (Å²) in [6, 6.07) is 4.54. The molecule has 3 atom stereocenters. The second-order valence-corrected chi connectivity index (χ2v) is 7.04. The van der Waals surface area contributed by atoms with Gasteiger partial charge in [0.25, 0.3) is 0 Å². The van der Waals surface area contributed by atoms with E-state index in [9.17, 15) is 19.1 Å². The average Bonchev–Trinajstić information content (AvgIpc) is 2.96. The molecule has 3 rings (SSSR count). The first-order valence-corrected chi connectivity index (χ1v) is 8.69. The number of amides is 1. The third-order valence-electron chi connectivity index (χ3n) is 4.27. The molecule has 6 nitrogen and oxygen atoms in total. The van der Waals surface area contributed by atoms with Gasteiger partial charge in [-0.2, -0.15) is 0 Å². The van der Waals surface area contributed by atoms with Crippen LogP contribution in [0.4, 0.5) is 14.9 Å². The minimum Gasteiger partial charge on any atom is -0.466 e. The molecule has 1 aromatic rings. The first-order chi connectivity index (χ1) is 11.5. The van der Waals surface area contributed by atoms with E-state index >= 15 is 0 Å². The summed E-state index contributed by atoms with van der Waals surface area (Å²) in [7, 11) is 1.21. The molecule has 1 amide bonds. The van der Waals surface area contributed by atoms with E-state index in [-0.39, 0.29) is 12.5 Å². The van der Waals surface area contributed by atoms with Crippen LogP contribution in [0.2, 0.25) is 0 Å². The molecule has 2 aliphatic rings. The lowest BCUT2D eigenvalue weighted by atomic mass is 9.92. The summed E-state index contributed by atoms with van der Waals surface area (Å²) >= 11 is 1.47. The fourth-order valence-electron chi connectivity index (χ4n) is 3.00. The van der Waals surface area contributed by atoms with Crippen LogP contribution in [-0.2, 0) is 14.3 Å². The number of rotatable bonds is 3. The normalized spacial score (nSPS) is 27.0. The number of aliphatic hydroxyl groups excluding tert-OH is 1. The second-order valence-electron chi connectivity index (χ2n) is 5.76. The molecule has 2 fully saturated rings. The number of carbonyl (C=O) groups excluding carboxylic acids is 2. The lowest BCUT2D eigenvalue weighted by molar-refractivity contribution is -0.148. The van der Waals surface area contributed by atoms with Crippen LogP contribution in [0.15, 0.2) is 18.2 Å². The molecule has 0 unspecified atom stereocenters. The molecule has 0 aromatic heterocycles. The molecule has 2 heterocycles. The summed E-state index contributed by atoms with van der Waals surface area (Å²) in [5, 5.41) is 9.73. The molecule has 1 N–H and O–H groups in total. The predicted molar refractivity (Wildman–Crippen MR) is 86.5 cm³/mol. The molecule has 24 heavy (non-hydrogen) atoms. The highest BCUT2D eigenvalue weighted by molar-refractivity contribution is 7.99. The molecular formula is C16H18FNO5S. The van der Waals surface area contributed by atoms with Gasteiger partial charge in [-0.3, -0.25) is 4.90 Å². The van der Waals surface area contributed by atoms with Gasteiger partial charge in [0.05, 0.1) is 24.8 Å². The number of nitrogens with zero attached hydrogens (tertiary/aromatic N) is 1. The van der Waals surface area contributed by atoms with Crippen molar-refractivity contribution in [3.05, 3.63) is 29.6 Å². The van der Waals surface area contributed by atoms with Crippen molar-refractivity contribution in [3.8, 4) is 0 Å². The highest BCUT2D eigenvalue weighted by Crippen LogP contribution is 2.37. The van der Waals surface area contributed by atoms with Crippen LogP contribution in [0.5, 0.6) is 0 Å². The maximum atomic E-state index is 14.5. The van der Waals surface area contributed by atoms with Gasteiger partial charge in [-0.05, 0) is 42.2 Å². The molecule has 0 aliphatic carbocycles. The van der Waals surface area contributed by atoms with E-state index in [1.54, 1.807) is 12.1 Å². The monoisotopic (exact) mass is 355 g/mol. The van der Waals surface area contributed by atoms with E-state index in [1.807, 2.05) is 0 Å². The van der Waals surface area contributed by atoms with Gasteiger partial charge in [0.15, 0.2) is 0 Å². The maximum Gasteiger partial charge on any atom is 0.415 e. The summed E-state index contributed by atoms with van der Waals surface area (Å²) in [5.74, 6) is -0.321. The van der Waals surface area contributed by atoms with Crippen molar-refractivity contribution in [2.75, 3.05) is 24.3 Å². The fraction of sp³-hybridized carbons (Fsp3) is 0.500. The van der Waals surface area contributed by atoms with Crippen LogP contribution in [0.3, 0.4) is 0 Å². The Labute approximate surface area is 142 Å². The van der Waals surface area contributed by atoms with E-state index in [4.69, 9.17) is 4.74 Å². The van der Waals surface area contributed by atoms with Crippen LogP contribution >= 0.6 is 11.8 Å². The van der Waals surface area contributed by atoms with Crippen LogP contribution in [-0.4, -0.2) is 48.1 Å². The summed E-state index contributed by atoms with van der Waals surface area (Å²) in [6.07, 6.45) is -0.400. The predicted octanol–water partition coefficient (Wildman–Crippen LogP) is 2.25. The minimum absolute atomic E-state index is 0.0108. The topological polar surface area (TPSA) is 76.1 Å². The number of esters is 1. The summed E-state index contributed by atoms with van der Waals surface area (Å²) in [5.41, 5.74) is 0.394. The molecule has 1 aromatic carbocycles. The molecule has 8 heteroatoms. The first-order valence-electron chi connectivity index (χ1n) is 7.64. The Morgan fingerprint density at radius 2 is 2.29 bits per heavy atom. The van der Waals surface area contributed by atoms with Crippen molar-refractivity contribution < 1.29 is 28.6 Å². The number of ether oxygens (including phenoxy) is 2. The quantitative estimate of drug-likeness (QED) is 0.838. The van der Waals surface area contributed by atoms with Crippen LogP contribution in [0.1, 0.15) is 24.3 Å². The Hall–Kier alpha value is -1.80. The summed E-state index contributed by atoms with van der Waals surface area (Å²) in [6.45, 7) is -0.0108. The molecule has 130 valence electrons. The van der Waals surface area contributed by atoms with E-state index in [2.05, 4.69) is 4.74 Å².